The second kappa shape index (κ2) is 8.70. The van der Waals surface area contributed by atoms with Crippen molar-refractivity contribution in [3.05, 3.63) is 46.8 Å². The molecule has 0 spiro atoms. The maximum atomic E-state index is 12.7. The van der Waals surface area contributed by atoms with Gasteiger partial charge < -0.3 is 14.6 Å². The highest BCUT2D eigenvalue weighted by Crippen LogP contribution is 2.19. The molecule has 8 nitrogen and oxygen atoms in total. The minimum Gasteiger partial charge on any atom is -0.444 e. The van der Waals surface area contributed by atoms with E-state index in [9.17, 15) is 13.2 Å². The number of amides is 1. The first-order valence-electron chi connectivity index (χ1n) is 8.55. The smallest absolute Gasteiger partial charge is 0.293 e. The first kappa shape index (κ1) is 20.9. The molecule has 0 bridgehead atoms. The number of carbonyl (C=O) groups is 1. The molecule has 0 unspecified atom stereocenters. The maximum absolute atomic E-state index is 12.7. The third kappa shape index (κ3) is 4.97. The molecule has 1 fully saturated rings. The topological polar surface area (TPSA) is 96.1 Å². The maximum Gasteiger partial charge on any atom is 0.293 e. The van der Waals surface area contributed by atoms with Crippen molar-refractivity contribution in [3.63, 3.8) is 0 Å². The van der Waals surface area contributed by atoms with Crippen LogP contribution in [-0.4, -0.2) is 57.0 Å². The summed E-state index contributed by atoms with van der Waals surface area (Å²) < 4.78 is 32.6. The highest BCUT2D eigenvalue weighted by molar-refractivity contribution is 9.10. The summed E-state index contributed by atoms with van der Waals surface area (Å²) in [6, 6.07) is 9.38. The third-order valence-electron chi connectivity index (χ3n) is 4.35. The summed E-state index contributed by atoms with van der Waals surface area (Å²) in [6.07, 6.45) is 0. The van der Waals surface area contributed by atoms with Crippen molar-refractivity contribution >= 4 is 54.9 Å². The first-order valence-corrected chi connectivity index (χ1v) is 11.2. The van der Waals surface area contributed by atoms with Crippen molar-refractivity contribution < 1.29 is 22.5 Å². The summed E-state index contributed by atoms with van der Waals surface area (Å²) in [6.45, 7) is 2.60. The number of hydrogen-bond donors (Lipinski definition) is 3. The Morgan fingerprint density at radius 3 is 2.39 bits per heavy atom. The molecule has 2 aromatic rings. The molecule has 2 heterocycles. The molecule has 0 saturated carbocycles. The lowest BCUT2D eigenvalue weighted by molar-refractivity contribution is -0.883. The van der Waals surface area contributed by atoms with E-state index in [0.717, 1.165) is 13.1 Å². The molecule has 1 saturated heterocycles. The largest absolute Gasteiger partial charge is 0.444 e. The molecule has 150 valence electrons. The molecule has 1 aromatic heterocycles. The Labute approximate surface area is 177 Å². The standard InChI is InChI=1S/C17H19BrN4O4S2/c1-21-8-10-22(11-9-21)28(24,25)13-4-2-12(3-5-13)19-17(27)20-16(23)14-6-7-15(18)26-14/h2-7H,8-11H2,1H3,(H2,19,20,23,27)/p+1. The predicted octanol–water partition coefficient (Wildman–Crippen LogP) is 0.688. The van der Waals surface area contributed by atoms with Crippen LogP contribution in [0.4, 0.5) is 5.69 Å². The van der Waals surface area contributed by atoms with Crippen LogP contribution < -0.4 is 15.5 Å². The molecule has 3 N–H and O–H groups in total. The summed E-state index contributed by atoms with van der Waals surface area (Å²) in [5.41, 5.74) is 0.563. The number of quaternary nitrogens is 1. The number of likely N-dealkylation sites (N-methyl/N-ethyl adjacent to an activating group) is 1. The molecule has 11 heteroatoms. The zero-order valence-electron chi connectivity index (χ0n) is 15.1. The van der Waals surface area contributed by atoms with Gasteiger partial charge in [0.05, 0.1) is 38.1 Å². The molecule has 1 aliphatic heterocycles. The first-order chi connectivity index (χ1) is 13.3. The highest BCUT2D eigenvalue weighted by Gasteiger charge is 2.29. The van der Waals surface area contributed by atoms with Gasteiger partial charge >= 0.3 is 0 Å². The number of rotatable bonds is 4. The summed E-state index contributed by atoms with van der Waals surface area (Å²) in [4.78, 5) is 13.6. The number of furan rings is 1. The number of nitrogens with one attached hydrogen (secondary N) is 3. The second-order valence-corrected chi connectivity index (χ2v) is 9.53. The zero-order chi connectivity index (χ0) is 20.3. The second-order valence-electron chi connectivity index (χ2n) is 6.40. The van der Waals surface area contributed by atoms with Crippen LogP contribution in [0.15, 0.2) is 50.4 Å². The monoisotopic (exact) mass is 487 g/mol. The van der Waals surface area contributed by atoms with Crippen LogP contribution in [-0.2, 0) is 10.0 Å². The van der Waals surface area contributed by atoms with Gasteiger partial charge in [0.15, 0.2) is 15.5 Å². The zero-order valence-corrected chi connectivity index (χ0v) is 18.3. The number of piperazine rings is 1. The van der Waals surface area contributed by atoms with Crippen LogP contribution >= 0.6 is 28.1 Å². The fraction of sp³-hybridized carbons (Fsp3) is 0.294. The summed E-state index contributed by atoms with van der Waals surface area (Å²) in [7, 11) is -1.46. The molecular formula is C17H20BrN4O4S2+. The fourth-order valence-electron chi connectivity index (χ4n) is 2.73. The average Bonchev–Trinajstić information content (AvgIpc) is 3.09. The van der Waals surface area contributed by atoms with Crippen molar-refractivity contribution in [1.29, 1.82) is 0 Å². The molecule has 0 radical (unpaired) electrons. The Bertz CT molecular complexity index is 967. The van der Waals surface area contributed by atoms with E-state index in [1.807, 2.05) is 0 Å². The number of halogens is 1. The summed E-state index contributed by atoms with van der Waals surface area (Å²) >= 11 is 8.24. The van der Waals surface area contributed by atoms with Gasteiger partial charge in [-0.05, 0) is 64.5 Å². The van der Waals surface area contributed by atoms with Crippen molar-refractivity contribution in [2.45, 2.75) is 4.90 Å². The molecule has 1 aromatic carbocycles. The van der Waals surface area contributed by atoms with E-state index in [4.69, 9.17) is 16.6 Å². The van der Waals surface area contributed by atoms with E-state index in [-0.39, 0.29) is 15.8 Å². The van der Waals surface area contributed by atoms with Gasteiger partial charge in [-0.15, -0.1) is 0 Å². The number of sulfonamides is 1. The molecule has 1 aliphatic rings. The number of anilines is 1. The molecule has 0 atom stereocenters. The van der Waals surface area contributed by atoms with Crippen molar-refractivity contribution in [2.75, 3.05) is 38.5 Å². The number of thiocarbonyl (C=S) groups is 1. The Hall–Kier alpha value is -1.79. The average molecular weight is 488 g/mol. The van der Waals surface area contributed by atoms with Crippen LogP contribution in [0.2, 0.25) is 0 Å². The molecule has 28 heavy (non-hydrogen) atoms. The Morgan fingerprint density at radius 2 is 1.82 bits per heavy atom. The lowest BCUT2D eigenvalue weighted by atomic mass is 10.3. The molecular weight excluding hydrogens is 468 g/mol. The summed E-state index contributed by atoms with van der Waals surface area (Å²) in [5, 5.41) is 5.42. The van der Waals surface area contributed by atoms with Crippen LogP contribution in [0.3, 0.4) is 0 Å². The number of carbonyl (C=O) groups excluding carboxylic acids is 1. The predicted molar refractivity (Wildman–Crippen MR) is 112 cm³/mol. The van der Waals surface area contributed by atoms with E-state index in [0.29, 0.717) is 23.4 Å². The van der Waals surface area contributed by atoms with Crippen LogP contribution in [0, 0.1) is 0 Å². The van der Waals surface area contributed by atoms with Gasteiger partial charge in [0.25, 0.3) is 5.91 Å². The minimum absolute atomic E-state index is 0.0789. The van der Waals surface area contributed by atoms with Gasteiger partial charge in [0.1, 0.15) is 0 Å². The number of nitrogens with zero attached hydrogens (tertiary/aromatic N) is 1. The van der Waals surface area contributed by atoms with Crippen molar-refractivity contribution in [1.82, 2.24) is 9.62 Å². The van der Waals surface area contributed by atoms with E-state index < -0.39 is 15.9 Å². The van der Waals surface area contributed by atoms with E-state index in [1.165, 1.54) is 27.4 Å². The SMILES string of the molecule is C[NH+]1CCN(S(=O)(=O)c2ccc(NC(=S)NC(=O)c3ccc(Br)o3)cc2)CC1. The van der Waals surface area contributed by atoms with Crippen LogP contribution in [0.25, 0.3) is 0 Å². The van der Waals surface area contributed by atoms with Gasteiger partial charge in [0.2, 0.25) is 10.0 Å². The lowest BCUT2D eigenvalue weighted by Crippen LogP contribution is -3.12. The minimum atomic E-state index is -3.51. The van der Waals surface area contributed by atoms with E-state index in [1.54, 1.807) is 18.2 Å². The lowest BCUT2D eigenvalue weighted by Gasteiger charge is -2.29. The van der Waals surface area contributed by atoms with E-state index in [2.05, 4.69) is 33.6 Å². The van der Waals surface area contributed by atoms with E-state index >= 15 is 0 Å². The van der Waals surface area contributed by atoms with Gasteiger partial charge in [-0.1, -0.05) is 0 Å². The van der Waals surface area contributed by atoms with Gasteiger partial charge in [-0.3, -0.25) is 10.1 Å². The Balaban J connectivity index is 1.61. The van der Waals surface area contributed by atoms with Gasteiger partial charge in [-0.25, -0.2) is 8.42 Å². The Morgan fingerprint density at radius 1 is 1.18 bits per heavy atom. The van der Waals surface area contributed by atoms with Crippen LogP contribution in [0.1, 0.15) is 10.6 Å². The third-order valence-corrected chi connectivity index (χ3v) is 6.89. The Kier molecular flexibility index (Phi) is 6.50. The number of benzene rings is 1. The molecule has 1 amide bonds. The number of hydrogen-bond acceptors (Lipinski definition) is 5. The van der Waals surface area contributed by atoms with Gasteiger partial charge in [-0.2, -0.15) is 4.31 Å². The van der Waals surface area contributed by atoms with Crippen molar-refractivity contribution in [3.8, 4) is 0 Å². The molecule has 0 aliphatic carbocycles. The quantitative estimate of drug-likeness (QED) is 0.549. The fourth-order valence-corrected chi connectivity index (χ4v) is 4.69. The van der Waals surface area contributed by atoms with Gasteiger partial charge in [0, 0.05) is 5.69 Å². The summed E-state index contributed by atoms with van der Waals surface area (Å²) in [5.74, 6) is -0.369. The normalized spacial score (nSPS) is 15.9. The van der Waals surface area contributed by atoms with Crippen molar-refractivity contribution in [2.24, 2.45) is 0 Å². The highest BCUT2D eigenvalue weighted by atomic mass is 79.9. The molecule has 3 rings (SSSR count). The van der Waals surface area contributed by atoms with Crippen LogP contribution in [0.5, 0.6) is 0 Å².